The molecule has 0 saturated carbocycles. The van der Waals surface area contributed by atoms with Crippen molar-refractivity contribution >= 4 is 11.8 Å². The molecular formula is C36H33FN6O4. The topological polar surface area (TPSA) is 111 Å². The minimum Gasteiger partial charge on any atom is -0.494 e. The van der Waals surface area contributed by atoms with E-state index in [1.54, 1.807) is 22.9 Å². The number of aryl methyl sites for hydroxylation is 1. The molecule has 1 aromatic heterocycles. The van der Waals surface area contributed by atoms with E-state index in [0.717, 1.165) is 27.9 Å². The van der Waals surface area contributed by atoms with Crippen LogP contribution in [0.15, 0.2) is 84.9 Å². The number of halogens is 1. The van der Waals surface area contributed by atoms with Gasteiger partial charge in [0.15, 0.2) is 17.4 Å². The summed E-state index contributed by atoms with van der Waals surface area (Å²) in [5.41, 5.74) is 5.25. The van der Waals surface area contributed by atoms with Gasteiger partial charge in [0.25, 0.3) is 0 Å². The SMILES string of the molecule is Cc1nnnn1-c1ccc(CC(=O)N2CCc3cc4ccc3C2c2cccc(c2)OCCCNC(=O)Cc2ccc(F)c(c2)O4)cc1. The summed E-state index contributed by atoms with van der Waals surface area (Å²) in [7, 11) is 0. The monoisotopic (exact) mass is 632 g/mol. The molecule has 8 bridgehead atoms. The largest absolute Gasteiger partial charge is 0.494 e. The van der Waals surface area contributed by atoms with Gasteiger partial charge in [-0.3, -0.25) is 9.59 Å². The Labute approximate surface area is 271 Å². The molecule has 47 heavy (non-hydrogen) atoms. The van der Waals surface area contributed by atoms with Crippen LogP contribution in [0.2, 0.25) is 0 Å². The first-order valence-corrected chi connectivity index (χ1v) is 15.6. The molecule has 1 unspecified atom stereocenters. The van der Waals surface area contributed by atoms with Crippen LogP contribution in [0.25, 0.3) is 5.69 Å². The lowest BCUT2D eigenvalue weighted by Crippen LogP contribution is -2.41. The van der Waals surface area contributed by atoms with Gasteiger partial charge in [-0.05, 0) is 107 Å². The molecular weight excluding hydrogens is 599 g/mol. The molecule has 11 heteroatoms. The van der Waals surface area contributed by atoms with E-state index in [2.05, 4.69) is 20.8 Å². The third-order valence-electron chi connectivity index (χ3n) is 8.50. The maximum atomic E-state index is 14.8. The standard InChI is InChI=1S/C36H33FN6O4/c1-23-39-40-41-43(23)28-9-6-24(7-10-28)20-35(45)42-16-14-26-21-30-11-12-31(26)36(42)27-4-2-5-29(22-27)46-17-3-15-38-34(44)19-25-8-13-32(37)33(18-25)47-30/h2,4-13,18,21-22,36H,3,14-17,19-20H2,1H3,(H,38,44). The Morgan fingerprint density at radius 3 is 2.72 bits per heavy atom. The Morgan fingerprint density at radius 2 is 1.89 bits per heavy atom. The molecule has 1 atom stereocenters. The summed E-state index contributed by atoms with van der Waals surface area (Å²) in [4.78, 5) is 28.5. The molecule has 10 nitrogen and oxygen atoms in total. The lowest BCUT2D eigenvalue weighted by Gasteiger charge is -2.38. The van der Waals surface area contributed by atoms with Crippen LogP contribution < -0.4 is 14.8 Å². The van der Waals surface area contributed by atoms with Gasteiger partial charge in [-0.25, -0.2) is 4.39 Å². The molecule has 238 valence electrons. The molecule has 2 amide bonds. The quantitative estimate of drug-likeness (QED) is 0.296. The van der Waals surface area contributed by atoms with E-state index in [1.165, 1.54) is 6.07 Å². The number of nitrogens with one attached hydrogen (secondary N) is 1. The summed E-state index contributed by atoms with van der Waals surface area (Å²) in [6.07, 6.45) is 1.54. The lowest BCUT2D eigenvalue weighted by molar-refractivity contribution is -0.132. The van der Waals surface area contributed by atoms with Crippen LogP contribution in [0.4, 0.5) is 4.39 Å². The summed E-state index contributed by atoms with van der Waals surface area (Å²) in [6.45, 7) is 3.17. The zero-order valence-corrected chi connectivity index (χ0v) is 25.9. The molecule has 3 aliphatic heterocycles. The van der Waals surface area contributed by atoms with Crippen molar-refractivity contribution in [3.8, 4) is 22.9 Å². The highest BCUT2D eigenvalue weighted by atomic mass is 19.1. The number of amides is 2. The van der Waals surface area contributed by atoms with Crippen molar-refractivity contribution in [2.24, 2.45) is 0 Å². The number of hydrogen-bond acceptors (Lipinski definition) is 7. The molecule has 8 rings (SSSR count). The third-order valence-corrected chi connectivity index (χ3v) is 8.50. The van der Waals surface area contributed by atoms with Gasteiger partial charge in [-0.1, -0.05) is 36.4 Å². The highest BCUT2D eigenvalue weighted by molar-refractivity contribution is 5.80. The van der Waals surface area contributed by atoms with Gasteiger partial charge in [-0.15, -0.1) is 5.10 Å². The van der Waals surface area contributed by atoms with Crippen LogP contribution in [0.3, 0.4) is 0 Å². The number of aromatic nitrogens is 4. The Hall–Kier alpha value is -5.58. The van der Waals surface area contributed by atoms with Gasteiger partial charge >= 0.3 is 0 Å². The van der Waals surface area contributed by atoms with E-state index in [4.69, 9.17) is 9.47 Å². The normalized spacial score (nSPS) is 16.3. The van der Waals surface area contributed by atoms with E-state index in [0.29, 0.717) is 55.4 Å². The fraction of sp³-hybridized carbons (Fsp3) is 0.250. The fourth-order valence-electron chi connectivity index (χ4n) is 6.17. The number of nitrogens with zero attached hydrogens (tertiary/aromatic N) is 5. The second-order valence-corrected chi connectivity index (χ2v) is 11.7. The van der Waals surface area contributed by atoms with Crippen molar-refractivity contribution < 1.29 is 23.5 Å². The van der Waals surface area contributed by atoms with Crippen LogP contribution in [-0.4, -0.2) is 56.6 Å². The maximum absolute atomic E-state index is 14.8. The molecule has 0 saturated heterocycles. The number of carbonyl (C=O) groups excluding carboxylic acids is 2. The predicted molar refractivity (Wildman–Crippen MR) is 171 cm³/mol. The van der Waals surface area contributed by atoms with E-state index < -0.39 is 5.82 Å². The Bertz CT molecular complexity index is 1940. The van der Waals surface area contributed by atoms with Crippen molar-refractivity contribution in [2.45, 2.75) is 38.6 Å². The molecule has 1 N–H and O–H groups in total. The summed E-state index contributed by atoms with van der Waals surface area (Å²) in [5.74, 6) is 1.22. The molecule has 5 aromatic rings. The fourth-order valence-corrected chi connectivity index (χ4v) is 6.17. The highest BCUT2D eigenvalue weighted by Gasteiger charge is 2.33. The maximum Gasteiger partial charge on any atom is 0.227 e. The molecule has 0 radical (unpaired) electrons. The van der Waals surface area contributed by atoms with Crippen LogP contribution in [0.1, 0.15) is 46.1 Å². The van der Waals surface area contributed by atoms with Gasteiger partial charge in [0.05, 0.1) is 31.2 Å². The number of carbonyl (C=O) groups is 2. The smallest absolute Gasteiger partial charge is 0.227 e. The predicted octanol–water partition coefficient (Wildman–Crippen LogP) is 5.06. The lowest BCUT2D eigenvalue weighted by atomic mass is 9.87. The number of ether oxygens (including phenoxy) is 2. The van der Waals surface area contributed by atoms with Crippen LogP contribution in [-0.2, 0) is 28.9 Å². The number of fused-ring (bicyclic) bond motifs is 7. The summed E-state index contributed by atoms with van der Waals surface area (Å²) in [5, 5.41) is 14.6. The Morgan fingerprint density at radius 1 is 1.02 bits per heavy atom. The summed E-state index contributed by atoms with van der Waals surface area (Å²) in [6, 6.07) is 25.2. The molecule has 4 heterocycles. The Balaban J connectivity index is 1.21. The number of rotatable bonds is 3. The van der Waals surface area contributed by atoms with Crippen molar-refractivity contribution in [1.82, 2.24) is 30.4 Å². The second kappa shape index (κ2) is 13.0. The van der Waals surface area contributed by atoms with E-state index in [9.17, 15) is 14.0 Å². The minimum atomic E-state index is -0.512. The van der Waals surface area contributed by atoms with Crippen LogP contribution >= 0.6 is 0 Å². The zero-order valence-electron chi connectivity index (χ0n) is 25.9. The first-order chi connectivity index (χ1) is 22.9. The minimum absolute atomic E-state index is 0.00771. The van der Waals surface area contributed by atoms with Gasteiger partial charge in [0, 0.05) is 13.1 Å². The van der Waals surface area contributed by atoms with E-state index in [1.807, 2.05) is 72.5 Å². The van der Waals surface area contributed by atoms with Crippen molar-refractivity contribution in [1.29, 1.82) is 0 Å². The molecule has 0 spiro atoms. The average Bonchev–Trinajstić information content (AvgIpc) is 3.51. The molecule has 4 aromatic carbocycles. The van der Waals surface area contributed by atoms with Gasteiger partial charge in [-0.2, -0.15) is 4.68 Å². The van der Waals surface area contributed by atoms with Crippen molar-refractivity contribution in [3.05, 3.63) is 124 Å². The van der Waals surface area contributed by atoms with E-state index in [-0.39, 0.29) is 36.4 Å². The van der Waals surface area contributed by atoms with Gasteiger partial charge < -0.3 is 19.7 Å². The van der Waals surface area contributed by atoms with E-state index >= 15 is 0 Å². The van der Waals surface area contributed by atoms with Crippen molar-refractivity contribution in [2.75, 3.05) is 19.7 Å². The third kappa shape index (κ3) is 6.55. The first-order valence-electron chi connectivity index (χ1n) is 15.6. The Kier molecular flexibility index (Phi) is 8.35. The zero-order chi connectivity index (χ0) is 32.3. The second-order valence-electron chi connectivity index (χ2n) is 11.7. The molecule has 3 aliphatic rings. The first kappa shape index (κ1) is 30.1. The van der Waals surface area contributed by atoms with Gasteiger partial charge in [0.2, 0.25) is 11.8 Å². The number of hydrogen-bond donors (Lipinski definition) is 1. The number of tetrazole rings is 1. The summed E-state index contributed by atoms with van der Waals surface area (Å²) >= 11 is 0. The van der Waals surface area contributed by atoms with Crippen LogP contribution in [0.5, 0.6) is 17.2 Å². The van der Waals surface area contributed by atoms with Gasteiger partial charge in [0.1, 0.15) is 11.5 Å². The number of benzene rings is 4. The van der Waals surface area contributed by atoms with Crippen molar-refractivity contribution in [3.63, 3.8) is 0 Å². The van der Waals surface area contributed by atoms with Crippen LogP contribution in [0, 0.1) is 12.7 Å². The summed E-state index contributed by atoms with van der Waals surface area (Å²) < 4.78 is 28.5. The highest BCUT2D eigenvalue weighted by Crippen LogP contribution is 2.39. The average molecular weight is 633 g/mol. The molecule has 0 fully saturated rings. The molecule has 0 aliphatic carbocycles.